The molecule has 0 rings (SSSR count). The zero-order valence-electron chi connectivity index (χ0n) is 52.3. The molecule has 0 heterocycles. The van der Waals surface area contributed by atoms with Crippen LogP contribution in [0.25, 0.3) is 0 Å². The number of allylic oxidation sites excluding steroid dienone is 19. The van der Waals surface area contributed by atoms with Crippen LogP contribution in [-0.2, 0) is 28.6 Å². The molecule has 6 heteroatoms. The van der Waals surface area contributed by atoms with Crippen molar-refractivity contribution in [2.75, 3.05) is 13.2 Å². The second-order valence-electron chi connectivity index (χ2n) is 22.0. The van der Waals surface area contributed by atoms with Crippen LogP contribution in [0, 0.1) is 0 Å². The molecule has 0 N–H and O–H groups in total. The first kappa shape index (κ1) is 75.8. The molecule has 1 unspecified atom stereocenters. The number of rotatable bonds is 60. The van der Waals surface area contributed by atoms with E-state index in [1.807, 2.05) is 6.08 Å². The predicted octanol–water partition coefficient (Wildman–Crippen LogP) is 23.2. The Kier molecular flexibility index (Phi) is 63.8. The Balaban J connectivity index is 4.41. The molecule has 0 aromatic carbocycles. The lowest BCUT2D eigenvalue weighted by molar-refractivity contribution is -0.166. The van der Waals surface area contributed by atoms with Crippen LogP contribution in [0.15, 0.2) is 122 Å². The number of unbranched alkanes of at least 4 members (excludes halogenated alkanes) is 30. The summed E-state index contributed by atoms with van der Waals surface area (Å²) in [4.78, 5) is 38.3. The molecule has 1 atom stereocenters. The number of ether oxygens (including phenoxy) is 3. The molecule has 0 amide bonds. The topological polar surface area (TPSA) is 78.9 Å². The average Bonchev–Trinajstić information content (AvgIpc) is 3.46. The first-order valence-corrected chi connectivity index (χ1v) is 33.5. The zero-order valence-corrected chi connectivity index (χ0v) is 52.3. The van der Waals surface area contributed by atoms with E-state index in [0.29, 0.717) is 12.8 Å². The highest BCUT2D eigenvalue weighted by Crippen LogP contribution is 2.17. The number of carbonyl (C=O) groups is 3. The van der Waals surface area contributed by atoms with E-state index in [2.05, 4.69) is 130 Å². The van der Waals surface area contributed by atoms with Gasteiger partial charge in [-0.15, -0.1) is 0 Å². The number of hydrogen-bond donors (Lipinski definition) is 0. The van der Waals surface area contributed by atoms with Crippen molar-refractivity contribution in [1.82, 2.24) is 0 Å². The van der Waals surface area contributed by atoms with Crippen molar-refractivity contribution in [3.8, 4) is 0 Å². The molecular weight excluding hydrogens is 985 g/mol. The molecule has 80 heavy (non-hydrogen) atoms. The fourth-order valence-electron chi connectivity index (χ4n) is 9.31. The van der Waals surface area contributed by atoms with Crippen LogP contribution >= 0.6 is 0 Å². The van der Waals surface area contributed by atoms with E-state index in [9.17, 15) is 14.4 Å². The van der Waals surface area contributed by atoms with Crippen LogP contribution in [0.2, 0.25) is 0 Å². The van der Waals surface area contributed by atoms with Crippen LogP contribution in [0.3, 0.4) is 0 Å². The molecule has 0 aliphatic rings. The minimum atomic E-state index is -0.828. The summed E-state index contributed by atoms with van der Waals surface area (Å²) < 4.78 is 16.8. The van der Waals surface area contributed by atoms with E-state index in [1.54, 1.807) is 6.08 Å². The summed E-state index contributed by atoms with van der Waals surface area (Å²) in [6, 6.07) is 0. The summed E-state index contributed by atoms with van der Waals surface area (Å²) in [5.74, 6) is -1.05. The number of hydrogen-bond acceptors (Lipinski definition) is 6. The molecule has 0 saturated heterocycles. The second kappa shape index (κ2) is 67.3. The fraction of sp³-hybridized carbons (Fsp3) is 0.689. The van der Waals surface area contributed by atoms with Gasteiger partial charge in [-0.2, -0.15) is 0 Å². The number of esters is 3. The summed E-state index contributed by atoms with van der Waals surface area (Å²) in [6.45, 7) is 6.35. The average molecular weight is 1110 g/mol. The minimum absolute atomic E-state index is 0.113. The van der Waals surface area contributed by atoms with Gasteiger partial charge in [0.25, 0.3) is 0 Å². The van der Waals surface area contributed by atoms with Gasteiger partial charge in [0.05, 0.1) is 6.42 Å². The molecule has 0 fully saturated rings. The molecule has 0 aromatic heterocycles. The highest BCUT2D eigenvalue weighted by atomic mass is 16.6. The molecular formula is C74H124O6. The molecule has 0 aliphatic carbocycles. The summed E-state index contributed by atoms with van der Waals surface area (Å²) in [7, 11) is 0. The van der Waals surface area contributed by atoms with Gasteiger partial charge >= 0.3 is 17.9 Å². The van der Waals surface area contributed by atoms with Gasteiger partial charge in [0, 0.05) is 12.8 Å². The molecule has 0 saturated carbocycles. The lowest BCUT2D eigenvalue weighted by Gasteiger charge is -2.18. The van der Waals surface area contributed by atoms with Crippen molar-refractivity contribution in [1.29, 1.82) is 0 Å². The van der Waals surface area contributed by atoms with Crippen molar-refractivity contribution >= 4 is 17.9 Å². The molecule has 456 valence electrons. The smallest absolute Gasteiger partial charge is 0.309 e. The summed E-state index contributed by atoms with van der Waals surface area (Å²) in [6.07, 6.45) is 93.9. The van der Waals surface area contributed by atoms with E-state index in [4.69, 9.17) is 14.2 Å². The van der Waals surface area contributed by atoms with Gasteiger partial charge in [-0.1, -0.05) is 322 Å². The van der Waals surface area contributed by atoms with Crippen LogP contribution in [-0.4, -0.2) is 37.2 Å². The summed E-state index contributed by atoms with van der Waals surface area (Å²) in [5.41, 5.74) is 0. The third kappa shape index (κ3) is 64.6. The maximum absolute atomic E-state index is 12.9. The van der Waals surface area contributed by atoms with Gasteiger partial charge in [0.1, 0.15) is 13.2 Å². The quantitative estimate of drug-likeness (QED) is 0.0261. The van der Waals surface area contributed by atoms with Crippen LogP contribution in [0.1, 0.15) is 310 Å². The first-order valence-electron chi connectivity index (χ1n) is 33.5. The van der Waals surface area contributed by atoms with Crippen molar-refractivity contribution in [2.24, 2.45) is 0 Å². The van der Waals surface area contributed by atoms with Crippen LogP contribution in [0.4, 0.5) is 0 Å². The molecule has 0 radical (unpaired) electrons. The van der Waals surface area contributed by atoms with Crippen molar-refractivity contribution in [3.05, 3.63) is 122 Å². The van der Waals surface area contributed by atoms with Crippen molar-refractivity contribution < 1.29 is 28.6 Å². The zero-order chi connectivity index (χ0) is 57.8. The summed E-state index contributed by atoms with van der Waals surface area (Å²) in [5, 5.41) is 0. The van der Waals surface area contributed by atoms with E-state index in [1.165, 1.54) is 154 Å². The lowest BCUT2D eigenvalue weighted by atomic mass is 10.0. The Labute approximate surface area is 494 Å². The highest BCUT2D eigenvalue weighted by molar-refractivity contribution is 5.72. The Hall–Kier alpha value is -4.19. The monoisotopic (exact) mass is 1110 g/mol. The Bertz CT molecular complexity index is 1650. The maximum Gasteiger partial charge on any atom is 0.309 e. The van der Waals surface area contributed by atoms with Crippen molar-refractivity contribution in [3.63, 3.8) is 0 Å². The van der Waals surface area contributed by atoms with Crippen molar-refractivity contribution in [2.45, 2.75) is 316 Å². The third-order valence-electron chi connectivity index (χ3n) is 14.2. The van der Waals surface area contributed by atoms with E-state index in [0.717, 1.165) is 116 Å². The van der Waals surface area contributed by atoms with Crippen LogP contribution < -0.4 is 0 Å². The Morgan fingerprint density at radius 1 is 0.275 bits per heavy atom. The molecule has 0 spiro atoms. The second-order valence-corrected chi connectivity index (χ2v) is 22.0. The fourth-order valence-corrected chi connectivity index (χ4v) is 9.31. The standard InChI is InChI=1S/C74H124O6/c1-4-7-10-13-16-19-22-25-28-30-32-34-36-38-39-41-43-46-49-52-55-58-61-64-67-73(76)79-70-71(69-78-72(75)66-63-60-57-54-51-48-45-27-24-21-18-15-12-9-6-3)80-74(77)68-65-62-59-56-53-50-47-44-42-40-37-35-33-31-29-26-23-20-17-14-11-8-5-2/h8-9,11-12,17-18,20-21,26-27,29,33,35,40,42,45,51,54,60,63,71H,4-7,10,13-16,19,22-25,28,30-32,34,36-39,41,43-44,46-50,52-53,55-59,61-62,64-70H2,1-3H3/b11-8-,12-9-,20-17-,21-18-,29-26-,35-33-,42-40-,45-27-,54-51-,63-60-. The van der Waals surface area contributed by atoms with Gasteiger partial charge < -0.3 is 14.2 Å². The highest BCUT2D eigenvalue weighted by Gasteiger charge is 2.19. The molecule has 0 bridgehead atoms. The van der Waals surface area contributed by atoms with Gasteiger partial charge in [0.15, 0.2) is 6.10 Å². The molecule has 6 nitrogen and oxygen atoms in total. The molecule has 0 aliphatic heterocycles. The predicted molar refractivity (Wildman–Crippen MR) is 348 cm³/mol. The lowest BCUT2D eigenvalue weighted by Crippen LogP contribution is -2.30. The SMILES string of the molecule is CC/C=C\C/C=C\C/C=C\C/C=C\C/C=C\CCCCCCCCCC(=O)OC(COC(=O)C/C=C\C/C=C\C/C=C\C/C=C\C/C=C\CC)COC(=O)CCCCCCCCCCCCCCCCCCCCCCCCCC. The van der Waals surface area contributed by atoms with Gasteiger partial charge in [-0.3, -0.25) is 14.4 Å². The Morgan fingerprint density at radius 3 is 0.875 bits per heavy atom. The largest absolute Gasteiger partial charge is 0.462 e. The minimum Gasteiger partial charge on any atom is -0.462 e. The van der Waals surface area contributed by atoms with Crippen LogP contribution in [0.5, 0.6) is 0 Å². The maximum atomic E-state index is 12.9. The van der Waals surface area contributed by atoms with E-state index < -0.39 is 12.1 Å². The van der Waals surface area contributed by atoms with E-state index in [-0.39, 0.29) is 31.6 Å². The van der Waals surface area contributed by atoms with Gasteiger partial charge in [-0.05, 0) is 89.9 Å². The van der Waals surface area contributed by atoms with E-state index >= 15 is 0 Å². The Morgan fingerprint density at radius 2 is 0.537 bits per heavy atom. The van der Waals surface area contributed by atoms with Gasteiger partial charge in [-0.25, -0.2) is 0 Å². The number of carbonyl (C=O) groups excluding carboxylic acids is 3. The summed E-state index contributed by atoms with van der Waals surface area (Å²) >= 11 is 0. The first-order chi connectivity index (χ1) is 39.5. The normalized spacial score (nSPS) is 12.9. The molecule has 0 aromatic rings. The third-order valence-corrected chi connectivity index (χ3v) is 14.2. The van der Waals surface area contributed by atoms with Gasteiger partial charge in [0.2, 0.25) is 0 Å².